The van der Waals surface area contributed by atoms with Crippen molar-refractivity contribution in [2.45, 2.75) is 51.2 Å². The molecule has 92 valence electrons. The van der Waals surface area contributed by atoms with Crippen LogP contribution >= 0.6 is 0 Å². The van der Waals surface area contributed by atoms with Gasteiger partial charge in [-0.1, -0.05) is 26.0 Å². The SMILES string of the molecule is Cc1ccc([C@]2(C)C[C@H]3O[C@@]3(C)[C@H]2C)c(O)c1. The fourth-order valence-corrected chi connectivity index (χ4v) is 3.56. The third kappa shape index (κ3) is 1.30. The van der Waals surface area contributed by atoms with Crippen LogP contribution in [-0.4, -0.2) is 16.8 Å². The van der Waals surface area contributed by atoms with E-state index in [9.17, 15) is 5.11 Å². The van der Waals surface area contributed by atoms with Crippen LogP contribution < -0.4 is 0 Å². The number of phenolic OH excluding ortho intramolecular Hbond substituents is 1. The van der Waals surface area contributed by atoms with E-state index in [4.69, 9.17) is 4.74 Å². The fourth-order valence-electron chi connectivity index (χ4n) is 3.56. The van der Waals surface area contributed by atoms with Gasteiger partial charge >= 0.3 is 0 Å². The maximum atomic E-state index is 10.2. The molecule has 2 nitrogen and oxygen atoms in total. The van der Waals surface area contributed by atoms with E-state index in [1.54, 1.807) is 0 Å². The van der Waals surface area contributed by atoms with Crippen LogP contribution in [0.1, 0.15) is 38.3 Å². The first-order valence-electron chi connectivity index (χ1n) is 6.36. The van der Waals surface area contributed by atoms with Gasteiger partial charge in [0.1, 0.15) is 5.75 Å². The Bertz CT molecular complexity index is 482. The molecule has 2 heteroatoms. The number of benzene rings is 1. The number of epoxide rings is 1. The van der Waals surface area contributed by atoms with Crippen LogP contribution in [0, 0.1) is 12.8 Å². The van der Waals surface area contributed by atoms with E-state index in [0.29, 0.717) is 17.8 Å². The Morgan fingerprint density at radius 3 is 2.59 bits per heavy atom. The molecule has 3 rings (SSSR count). The molecule has 0 aromatic heterocycles. The zero-order valence-electron chi connectivity index (χ0n) is 10.9. The van der Waals surface area contributed by atoms with Crippen molar-refractivity contribution in [1.82, 2.24) is 0 Å². The van der Waals surface area contributed by atoms with E-state index in [2.05, 4.69) is 32.9 Å². The number of ether oxygens (including phenoxy) is 1. The van der Waals surface area contributed by atoms with Gasteiger partial charge in [0.05, 0.1) is 11.7 Å². The maximum Gasteiger partial charge on any atom is 0.119 e. The first-order chi connectivity index (χ1) is 7.88. The van der Waals surface area contributed by atoms with E-state index in [1.807, 2.05) is 13.0 Å². The number of fused-ring (bicyclic) bond motifs is 1. The highest BCUT2D eigenvalue weighted by molar-refractivity contribution is 5.44. The summed E-state index contributed by atoms with van der Waals surface area (Å²) >= 11 is 0. The number of aromatic hydroxyl groups is 1. The highest BCUT2D eigenvalue weighted by atomic mass is 16.6. The van der Waals surface area contributed by atoms with Crippen LogP contribution in [0.15, 0.2) is 18.2 Å². The van der Waals surface area contributed by atoms with Crippen molar-refractivity contribution in [2.75, 3.05) is 0 Å². The molecule has 17 heavy (non-hydrogen) atoms. The summed E-state index contributed by atoms with van der Waals surface area (Å²) in [5.74, 6) is 0.873. The van der Waals surface area contributed by atoms with Crippen LogP contribution in [0.3, 0.4) is 0 Å². The summed E-state index contributed by atoms with van der Waals surface area (Å²) in [4.78, 5) is 0. The Kier molecular flexibility index (Phi) is 1.99. The standard InChI is InChI=1S/C15H20O2/c1-9-5-6-11(12(16)7-9)14(3)8-13-15(4,17-13)10(14)2/h5-7,10,13,16H,8H2,1-4H3/t10-,13+,14+,15-/m0/s1. The fraction of sp³-hybridized carbons (Fsp3) is 0.600. The molecule has 1 aliphatic carbocycles. The van der Waals surface area contributed by atoms with Gasteiger partial charge in [-0.25, -0.2) is 0 Å². The molecule has 1 N–H and O–H groups in total. The predicted molar refractivity (Wildman–Crippen MR) is 67.3 cm³/mol. The Balaban J connectivity index is 2.04. The molecule has 0 spiro atoms. The van der Waals surface area contributed by atoms with Gasteiger partial charge in [-0.3, -0.25) is 0 Å². The Morgan fingerprint density at radius 2 is 2.06 bits per heavy atom. The van der Waals surface area contributed by atoms with E-state index in [0.717, 1.165) is 17.5 Å². The highest BCUT2D eigenvalue weighted by Crippen LogP contribution is 2.63. The molecule has 0 amide bonds. The molecule has 0 unspecified atom stereocenters. The molecule has 2 aliphatic rings. The van der Waals surface area contributed by atoms with Gasteiger partial charge in [0, 0.05) is 11.0 Å². The minimum atomic E-state index is 0.0338. The number of rotatable bonds is 1. The average molecular weight is 232 g/mol. The Morgan fingerprint density at radius 1 is 1.35 bits per heavy atom. The monoisotopic (exact) mass is 232 g/mol. The minimum Gasteiger partial charge on any atom is -0.508 e. The Labute approximate surface area is 103 Å². The van der Waals surface area contributed by atoms with Crippen LogP contribution in [0.4, 0.5) is 0 Å². The molecule has 1 aromatic carbocycles. The summed E-state index contributed by atoms with van der Waals surface area (Å²) in [6.45, 7) is 8.69. The van der Waals surface area contributed by atoms with E-state index >= 15 is 0 Å². The molecule has 2 fully saturated rings. The molecule has 1 aliphatic heterocycles. The second kappa shape index (κ2) is 3.05. The lowest BCUT2D eigenvalue weighted by Crippen LogP contribution is -2.33. The maximum absolute atomic E-state index is 10.2. The van der Waals surface area contributed by atoms with E-state index in [-0.39, 0.29) is 11.0 Å². The normalized spacial score (nSPS) is 43.5. The van der Waals surface area contributed by atoms with Crippen molar-refractivity contribution in [3.63, 3.8) is 0 Å². The summed E-state index contributed by atoms with van der Waals surface area (Å²) in [6, 6.07) is 6.02. The van der Waals surface area contributed by atoms with Gasteiger partial charge in [0.15, 0.2) is 0 Å². The second-order valence-corrected chi connectivity index (χ2v) is 6.15. The minimum absolute atomic E-state index is 0.0338. The van der Waals surface area contributed by atoms with E-state index in [1.165, 1.54) is 0 Å². The molecular weight excluding hydrogens is 212 g/mol. The Hall–Kier alpha value is -1.02. The average Bonchev–Trinajstić information content (AvgIpc) is 2.83. The van der Waals surface area contributed by atoms with Crippen LogP contribution in [-0.2, 0) is 10.2 Å². The topological polar surface area (TPSA) is 32.8 Å². The number of hydrogen-bond acceptors (Lipinski definition) is 2. The van der Waals surface area contributed by atoms with Gasteiger partial charge in [-0.05, 0) is 37.8 Å². The summed E-state index contributed by atoms with van der Waals surface area (Å²) in [5, 5.41) is 10.2. The molecule has 0 radical (unpaired) electrons. The second-order valence-electron chi connectivity index (χ2n) is 6.15. The third-order valence-electron chi connectivity index (χ3n) is 5.17. The lowest BCUT2D eigenvalue weighted by molar-refractivity contribution is 0.141. The highest BCUT2D eigenvalue weighted by Gasteiger charge is 2.68. The first kappa shape index (κ1) is 11.1. The largest absolute Gasteiger partial charge is 0.508 e. The molecule has 1 saturated heterocycles. The van der Waals surface area contributed by atoms with Crippen molar-refractivity contribution in [3.8, 4) is 5.75 Å². The number of hydrogen-bond donors (Lipinski definition) is 1. The molecule has 0 bridgehead atoms. The summed E-state index contributed by atoms with van der Waals surface area (Å²) in [6.07, 6.45) is 1.39. The van der Waals surface area contributed by atoms with E-state index < -0.39 is 0 Å². The number of aryl methyl sites for hydroxylation is 1. The zero-order chi connectivity index (χ0) is 12.4. The summed E-state index contributed by atoms with van der Waals surface area (Å²) in [7, 11) is 0. The molecule has 1 aromatic rings. The van der Waals surface area contributed by atoms with Crippen molar-refractivity contribution >= 4 is 0 Å². The smallest absolute Gasteiger partial charge is 0.119 e. The quantitative estimate of drug-likeness (QED) is 0.754. The van der Waals surface area contributed by atoms with Crippen molar-refractivity contribution in [1.29, 1.82) is 0 Å². The van der Waals surface area contributed by atoms with Crippen molar-refractivity contribution in [3.05, 3.63) is 29.3 Å². The van der Waals surface area contributed by atoms with Crippen LogP contribution in [0.5, 0.6) is 5.75 Å². The predicted octanol–water partition coefficient (Wildman–Crippen LogP) is 3.16. The summed E-state index contributed by atoms with van der Waals surface area (Å²) < 4.78 is 5.75. The van der Waals surface area contributed by atoms with Crippen LogP contribution in [0.25, 0.3) is 0 Å². The van der Waals surface area contributed by atoms with Gasteiger partial charge in [0.2, 0.25) is 0 Å². The lowest BCUT2D eigenvalue weighted by atomic mass is 9.71. The lowest BCUT2D eigenvalue weighted by Gasteiger charge is -2.34. The third-order valence-corrected chi connectivity index (χ3v) is 5.17. The van der Waals surface area contributed by atoms with Gasteiger partial charge < -0.3 is 9.84 Å². The molecule has 1 saturated carbocycles. The van der Waals surface area contributed by atoms with Gasteiger partial charge in [-0.15, -0.1) is 0 Å². The first-order valence-corrected chi connectivity index (χ1v) is 6.36. The van der Waals surface area contributed by atoms with Crippen LogP contribution in [0.2, 0.25) is 0 Å². The zero-order valence-corrected chi connectivity index (χ0v) is 10.9. The number of phenols is 1. The van der Waals surface area contributed by atoms with Crippen molar-refractivity contribution < 1.29 is 9.84 Å². The molecule has 1 heterocycles. The molecular formula is C15H20O2. The van der Waals surface area contributed by atoms with Crippen molar-refractivity contribution in [2.24, 2.45) is 5.92 Å². The van der Waals surface area contributed by atoms with Gasteiger partial charge in [0.25, 0.3) is 0 Å². The van der Waals surface area contributed by atoms with Gasteiger partial charge in [-0.2, -0.15) is 0 Å². The molecule has 4 atom stereocenters. The summed E-state index contributed by atoms with van der Waals surface area (Å²) in [5.41, 5.74) is 2.25.